The van der Waals surface area contributed by atoms with E-state index in [9.17, 15) is 9.90 Å². The Kier molecular flexibility index (Phi) is 2.91. The van der Waals surface area contributed by atoms with Gasteiger partial charge >= 0.3 is 6.09 Å². The van der Waals surface area contributed by atoms with Gasteiger partial charge in [-0.3, -0.25) is 4.90 Å². The molecule has 0 radical (unpaired) electrons. The van der Waals surface area contributed by atoms with Gasteiger partial charge in [-0.15, -0.1) is 11.3 Å². The number of carbonyl (C=O) groups is 1. The van der Waals surface area contributed by atoms with Gasteiger partial charge < -0.3 is 9.84 Å². The molecule has 1 fully saturated rings. The zero-order valence-electron chi connectivity index (χ0n) is 10.3. The van der Waals surface area contributed by atoms with Crippen molar-refractivity contribution in [2.75, 3.05) is 6.54 Å². The molecule has 1 N–H and O–H groups in total. The van der Waals surface area contributed by atoms with E-state index in [1.165, 1.54) is 9.78 Å². The van der Waals surface area contributed by atoms with Crippen LogP contribution in [0.25, 0.3) is 0 Å². The minimum absolute atomic E-state index is 0.448. The van der Waals surface area contributed by atoms with Crippen molar-refractivity contribution >= 4 is 17.4 Å². The summed E-state index contributed by atoms with van der Waals surface area (Å²) in [6, 6.07) is 4.00. The van der Waals surface area contributed by atoms with E-state index in [2.05, 4.69) is 0 Å². The normalized spacial score (nSPS) is 27.3. The third-order valence-corrected chi connectivity index (χ3v) is 4.33. The highest BCUT2D eigenvalue weighted by atomic mass is 32.1. The standard InChI is InChI=1S/C12H17NO3S/c1-11(2)12(3,15)13(10(14)16-11)7-6-9-5-4-8-17-9/h4-5,8,15H,6-7H2,1-3H3/t12-/m0/s1. The average Bonchev–Trinajstić information content (AvgIpc) is 2.73. The predicted octanol–water partition coefficient (Wildman–Crippen LogP) is 2.23. The second-order valence-electron chi connectivity index (χ2n) is 4.88. The second kappa shape index (κ2) is 3.99. The third-order valence-electron chi connectivity index (χ3n) is 3.39. The number of nitrogens with zero attached hydrogens (tertiary/aromatic N) is 1. The molecule has 5 heteroatoms. The maximum Gasteiger partial charge on any atom is 0.412 e. The van der Waals surface area contributed by atoms with Gasteiger partial charge in [-0.05, 0) is 38.6 Å². The molecular formula is C12H17NO3S. The summed E-state index contributed by atoms with van der Waals surface area (Å²) in [6.45, 7) is 5.52. The van der Waals surface area contributed by atoms with Crippen LogP contribution in [0.5, 0.6) is 0 Å². The Morgan fingerprint density at radius 2 is 2.18 bits per heavy atom. The summed E-state index contributed by atoms with van der Waals surface area (Å²) in [4.78, 5) is 14.3. The summed E-state index contributed by atoms with van der Waals surface area (Å²) in [6.07, 6.45) is 0.287. The van der Waals surface area contributed by atoms with E-state index in [0.29, 0.717) is 6.54 Å². The van der Waals surface area contributed by atoms with Crippen LogP contribution < -0.4 is 0 Å². The van der Waals surface area contributed by atoms with Gasteiger partial charge in [0, 0.05) is 11.4 Å². The van der Waals surface area contributed by atoms with Crippen molar-refractivity contribution in [1.29, 1.82) is 0 Å². The summed E-state index contributed by atoms with van der Waals surface area (Å²) >= 11 is 1.65. The maximum atomic E-state index is 11.7. The van der Waals surface area contributed by atoms with Gasteiger partial charge in [0.05, 0.1) is 0 Å². The van der Waals surface area contributed by atoms with Crippen molar-refractivity contribution in [2.45, 2.75) is 38.5 Å². The molecule has 2 rings (SSSR count). The summed E-state index contributed by atoms with van der Waals surface area (Å²) in [5.41, 5.74) is -2.14. The molecule has 0 aromatic carbocycles. The first kappa shape index (κ1) is 12.4. The molecule has 1 aromatic heterocycles. The number of hydrogen-bond donors (Lipinski definition) is 1. The molecule has 1 atom stereocenters. The molecule has 1 saturated heterocycles. The first-order valence-electron chi connectivity index (χ1n) is 5.60. The minimum atomic E-state index is -1.26. The Morgan fingerprint density at radius 3 is 2.65 bits per heavy atom. The molecule has 0 unspecified atom stereocenters. The number of rotatable bonds is 3. The van der Waals surface area contributed by atoms with Crippen LogP contribution in [-0.4, -0.2) is 34.0 Å². The summed E-state index contributed by atoms with van der Waals surface area (Å²) in [5, 5.41) is 12.4. The van der Waals surface area contributed by atoms with Crippen LogP contribution >= 0.6 is 11.3 Å². The Labute approximate surface area is 105 Å². The fourth-order valence-corrected chi connectivity index (χ4v) is 2.56. The van der Waals surface area contributed by atoms with Crippen LogP contribution in [0.15, 0.2) is 17.5 Å². The van der Waals surface area contributed by atoms with E-state index in [1.54, 1.807) is 32.1 Å². The molecule has 0 aliphatic carbocycles. The fourth-order valence-electron chi connectivity index (χ4n) is 1.86. The summed E-state index contributed by atoms with van der Waals surface area (Å²) in [7, 11) is 0. The van der Waals surface area contributed by atoms with Gasteiger partial charge in [0.25, 0.3) is 0 Å². The lowest BCUT2D eigenvalue weighted by atomic mass is 9.96. The average molecular weight is 255 g/mol. The molecule has 17 heavy (non-hydrogen) atoms. The Hall–Kier alpha value is -1.07. The van der Waals surface area contributed by atoms with E-state index in [1.807, 2.05) is 17.5 Å². The van der Waals surface area contributed by atoms with Gasteiger partial charge in [0.2, 0.25) is 0 Å². The smallest absolute Gasteiger partial charge is 0.412 e. The lowest BCUT2D eigenvalue weighted by Crippen LogP contribution is -2.53. The van der Waals surface area contributed by atoms with Gasteiger partial charge in [-0.1, -0.05) is 6.07 Å². The highest BCUT2D eigenvalue weighted by Crippen LogP contribution is 2.36. The molecule has 94 valence electrons. The zero-order valence-corrected chi connectivity index (χ0v) is 11.1. The van der Waals surface area contributed by atoms with Crippen molar-refractivity contribution < 1.29 is 14.6 Å². The highest BCUT2D eigenvalue weighted by Gasteiger charge is 2.56. The molecule has 1 aliphatic rings. The zero-order chi connectivity index (χ0) is 12.7. The molecule has 0 spiro atoms. The van der Waals surface area contributed by atoms with Crippen molar-refractivity contribution in [1.82, 2.24) is 4.90 Å². The topological polar surface area (TPSA) is 49.8 Å². The van der Waals surface area contributed by atoms with Crippen LogP contribution in [-0.2, 0) is 11.2 Å². The van der Waals surface area contributed by atoms with Crippen LogP contribution in [0.3, 0.4) is 0 Å². The van der Waals surface area contributed by atoms with Crippen LogP contribution in [0.1, 0.15) is 25.6 Å². The molecule has 1 aliphatic heterocycles. The first-order valence-corrected chi connectivity index (χ1v) is 6.48. The lowest BCUT2D eigenvalue weighted by Gasteiger charge is -2.34. The van der Waals surface area contributed by atoms with E-state index >= 15 is 0 Å². The van der Waals surface area contributed by atoms with Crippen LogP contribution in [0, 0.1) is 0 Å². The van der Waals surface area contributed by atoms with E-state index in [0.717, 1.165) is 6.42 Å². The van der Waals surface area contributed by atoms with E-state index in [-0.39, 0.29) is 0 Å². The molecule has 0 saturated carbocycles. The lowest BCUT2D eigenvalue weighted by molar-refractivity contribution is -0.126. The Bertz CT molecular complexity index is 411. The first-order chi connectivity index (χ1) is 7.84. The summed E-state index contributed by atoms with van der Waals surface area (Å²) in [5.74, 6) is 0. The van der Waals surface area contributed by atoms with Crippen molar-refractivity contribution in [3.05, 3.63) is 22.4 Å². The van der Waals surface area contributed by atoms with Crippen molar-refractivity contribution in [2.24, 2.45) is 0 Å². The number of carbonyl (C=O) groups excluding carboxylic acids is 1. The van der Waals surface area contributed by atoms with Gasteiger partial charge in [-0.2, -0.15) is 0 Å². The number of ether oxygens (including phenoxy) is 1. The molecule has 1 aromatic rings. The van der Waals surface area contributed by atoms with Crippen LogP contribution in [0.2, 0.25) is 0 Å². The molecule has 2 heterocycles. The third kappa shape index (κ3) is 2.05. The van der Waals surface area contributed by atoms with Gasteiger partial charge in [-0.25, -0.2) is 4.79 Å². The summed E-state index contributed by atoms with van der Waals surface area (Å²) < 4.78 is 5.19. The molecule has 1 amide bonds. The second-order valence-corrected chi connectivity index (χ2v) is 5.91. The minimum Gasteiger partial charge on any atom is -0.438 e. The number of thiophene rings is 1. The maximum absolute atomic E-state index is 11.7. The Balaban J connectivity index is 2.08. The number of cyclic esters (lactones) is 1. The predicted molar refractivity (Wildman–Crippen MR) is 65.9 cm³/mol. The van der Waals surface area contributed by atoms with Crippen molar-refractivity contribution in [3.8, 4) is 0 Å². The van der Waals surface area contributed by atoms with E-state index < -0.39 is 17.4 Å². The van der Waals surface area contributed by atoms with E-state index in [4.69, 9.17) is 4.74 Å². The SMILES string of the molecule is CC1(C)OC(=O)N(CCc2cccs2)[C@@]1(C)O. The van der Waals surface area contributed by atoms with Gasteiger partial charge in [0.15, 0.2) is 11.3 Å². The van der Waals surface area contributed by atoms with Crippen molar-refractivity contribution in [3.63, 3.8) is 0 Å². The monoisotopic (exact) mass is 255 g/mol. The molecular weight excluding hydrogens is 238 g/mol. The quantitative estimate of drug-likeness (QED) is 0.901. The van der Waals surface area contributed by atoms with Gasteiger partial charge in [0.1, 0.15) is 0 Å². The highest BCUT2D eigenvalue weighted by molar-refractivity contribution is 7.09. The largest absolute Gasteiger partial charge is 0.438 e. The van der Waals surface area contributed by atoms with Crippen LogP contribution in [0.4, 0.5) is 4.79 Å². The number of hydrogen-bond acceptors (Lipinski definition) is 4. The number of amides is 1. The molecule has 0 bridgehead atoms. The number of aliphatic hydroxyl groups is 1. The fraction of sp³-hybridized carbons (Fsp3) is 0.583. The molecule has 4 nitrogen and oxygen atoms in total. The Morgan fingerprint density at radius 1 is 1.47 bits per heavy atom.